The molecule has 3 rings (SSSR count). The fraction of sp³-hybridized carbons (Fsp3) is 0.500. The number of amides is 4. The van der Waals surface area contributed by atoms with Gasteiger partial charge in [-0.25, -0.2) is 4.79 Å². The topological polar surface area (TPSA) is 87.7 Å². The first-order valence-corrected chi connectivity index (χ1v) is 8.74. The van der Waals surface area contributed by atoms with Crippen molar-refractivity contribution in [2.24, 2.45) is 5.92 Å². The van der Waals surface area contributed by atoms with E-state index in [4.69, 9.17) is 0 Å². The lowest BCUT2D eigenvalue weighted by Gasteiger charge is -2.20. The summed E-state index contributed by atoms with van der Waals surface area (Å²) in [6, 6.07) is 5.56. The van der Waals surface area contributed by atoms with Crippen LogP contribution >= 0.6 is 0 Å². The predicted octanol–water partition coefficient (Wildman–Crippen LogP) is 1.67. The van der Waals surface area contributed by atoms with Gasteiger partial charge >= 0.3 is 12.6 Å². The van der Waals surface area contributed by atoms with Crippen LogP contribution in [0.4, 0.5) is 13.6 Å². The van der Waals surface area contributed by atoms with E-state index < -0.39 is 24.1 Å². The van der Waals surface area contributed by atoms with Crippen molar-refractivity contribution in [3.05, 3.63) is 29.8 Å². The highest BCUT2D eigenvalue weighted by atomic mass is 19.3. The van der Waals surface area contributed by atoms with Crippen LogP contribution in [0.2, 0.25) is 0 Å². The maximum absolute atomic E-state index is 12.5. The molecule has 4 amide bonds. The molecular formula is C18H21F2N3O4. The van der Waals surface area contributed by atoms with Gasteiger partial charge in [0.25, 0.3) is 5.91 Å². The van der Waals surface area contributed by atoms with Crippen LogP contribution < -0.4 is 15.4 Å². The number of hydrogen-bond acceptors (Lipinski definition) is 4. The molecule has 27 heavy (non-hydrogen) atoms. The van der Waals surface area contributed by atoms with Gasteiger partial charge in [0.1, 0.15) is 17.8 Å². The predicted molar refractivity (Wildman–Crippen MR) is 91.2 cm³/mol. The Morgan fingerprint density at radius 3 is 2.59 bits per heavy atom. The average Bonchev–Trinajstić information content (AvgIpc) is 3.42. The van der Waals surface area contributed by atoms with Gasteiger partial charge in [-0.1, -0.05) is 12.1 Å². The summed E-state index contributed by atoms with van der Waals surface area (Å²) >= 11 is 0. The minimum absolute atomic E-state index is 0.0649. The van der Waals surface area contributed by atoms with Gasteiger partial charge in [0.2, 0.25) is 5.91 Å². The minimum atomic E-state index is -2.87. The second-order valence-electron chi connectivity index (χ2n) is 6.92. The van der Waals surface area contributed by atoms with Crippen molar-refractivity contribution in [3.8, 4) is 5.75 Å². The zero-order chi connectivity index (χ0) is 19.6. The molecular weight excluding hydrogens is 360 g/mol. The van der Waals surface area contributed by atoms with Gasteiger partial charge in [-0.3, -0.25) is 14.5 Å². The van der Waals surface area contributed by atoms with Gasteiger partial charge in [-0.05, 0) is 49.8 Å². The van der Waals surface area contributed by atoms with Crippen molar-refractivity contribution in [2.75, 3.05) is 13.1 Å². The maximum Gasteiger partial charge on any atom is 0.387 e. The second kappa shape index (κ2) is 7.50. The van der Waals surface area contributed by atoms with Crippen molar-refractivity contribution in [1.29, 1.82) is 0 Å². The number of nitrogens with zero attached hydrogens (tertiary/aromatic N) is 1. The van der Waals surface area contributed by atoms with Crippen molar-refractivity contribution < 1.29 is 27.9 Å². The molecule has 2 fully saturated rings. The highest BCUT2D eigenvalue weighted by Gasteiger charge is 2.56. The van der Waals surface area contributed by atoms with Gasteiger partial charge in [0, 0.05) is 6.54 Å². The summed E-state index contributed by atoms with van der Waals surface area (Å²) in [6.07, 6.45) is 2.26. The molecule has 2 aliphatic rings. The summed E-state index contributed by atoms with van der Waals surface area (Å²) in [6.45, 7) is -1.21. The number of hydrogen-bond donors (Lipinski definition) is 2. The Morgan fingerprint density at radius 1 is 1.33 bits per heavy atom. The fourth-order valence-corrected chi connectivity index (χ4v) is 3.18. The van der Waals surface area contributed by atoms with E-state index in [-0.39, 0.29) is 30.7 Å². The Balaban J connectivity index is 1.44. The number of imide groups is 1. The van der Waals surface area contributed by atoms with Gasteiger partial charge in [0.15, 0.2) is 0 Å². The molecule has 0 spiro atoms. The van der Waals surface area contributed by atoms with E-state index in [0.29, 0.717) is 6.42 Å². The third kappa shape index (κ3) is 4.35. The van der Waals surface area contributed by atoms with Crippen LogP contribution in [-0.2, 0) is 16.0 Å². The first-order valence-electron chi connectivity index (χ1n) is 8.74. The summed E-state index contributed by atoms with van der Waals surface area (Å²) in [5.74, 6) is -0.593. The largest absolute Gasteiger partial charge is 0.435 e. The number of halogens is 2. The number of nitrogens with one attached hydrogen (secondary N) is 2. The van der Waals surface area contributed by atoms with Crippen LogP contribution in [0.3, 0.4) is 0 Å². The van der Waals surface area contributed by atoms with E-state index in [1.54, 1.807) is 19.1 Å². The van der Waals surface area contributed by atoms with Crippen molar-refractivity contribution in [2.45, 2.75) is 38.3 Å². The smallest absolute Gasteiger partial charge is 0.387 e. The SMILES string of the molecule is CC1(C2CC2)NC(=O)N(CC(=O)NCCc2ccc(OC(F)F)cc2)C1=O. The molecule has 1 unspecified atom stereocenters. The lowest BCUT2D eigenvalue weighted by atomic mass is 9.96. The lowest BCUT2D eigenvalue weighted by Crippen LogP contribution is -2.47. The van der Waals surface area contributed by atoms with E-state index in [2.05, 4.69) is 15.4 Å². The Hall–Kier alpha value is -2.71. The normalized spacial score (nSPS) is 22.1. The van der Waals surface area contributed by atoms with E-state index in [9.17, 15) is 23.2 Å². The molecule has 2 N–H and O–H groups in total. The Bertz CT molecular complexity index is 737. The molecule has 0 radical (unpaired) electrons. The van der Waals surface area contributed by atoms with Gasteiger partial charge < -0.3 is 15.4 Å². The summed E-state index contributed by atoms with van der Waals surface area (Å²) in [5.41, 5.74) is -0.0763. The number of benzene rings is 1. The molecule has 1 aliphatic heterocycles. The van der Waals surface area contributed by atoms with Crippen LogP contribution in [0.25, 0.3) is 0 Å². The summed E-state index contributed by atoms with van der Waals surface area (Å²) < 4.78 is 28.5. The van der Waals surface area contributed by atoms with Crippen molar-refractivity contribution in [1.82, 2.24) is 15.5 Å². The number of rotatable bonds is 8. The monoisotopic (exact) mass is 381 g/mol. The first kappa shape index (κ1) is 19.1. The van der Waals surface area contributed by atoms with Crippen LogP contribution in [0.5, 0.6) is 5.75 Å². The number of carbonyl (C=O) groups is 3. The van der Waals surface area contributed by atoms with Gasteiger partial charge in [-0.15, -0.1) is 0 Å². The summed E-state index contributed by atoms with van der Waals surface area (Å²) in [4.78, 5) is 37.5. The minimum Gasteiger partial charge on any atom is -0.435 e. The highest BCUT2D eigenvalue weighted by Crippen LogP contribution is 2.42. The molecule has 1 saturated heterocycles. The average molecular weight is 381 g/mol. The van der Waals surface area contributed by atoms with Crippen LogP contribution in [0, 0.1) is 5.92 Å². The number of alkyl halides is 2. The molecule has 146 valence electrons. The molecule has 0 bridgehead atoms. The van der Waals surface area contributed by atoms with Crippen LogP contribution in [0.1, 0.15) is 25.3 Å². The number of ether oxygens (including phenoxy) is 1. The van der Waals surface area contributed by atoms with E-state index in [0.717, 1.165) is 23.3 Å². The van der Waals surface area contributed by atoms with E-state index >= 15 is 0 Å². The third-order valence-corrected chi connectivity index (χ3v) is 4.88. The van der Waals surface area contributed by atoms with Crippen molar-refractivity contribution in [3.63, 3.8) is 0 Å². The first-order chi connectivity index (χ1) is 12.8. The molecule has 7 nitrogen and oxygen atoms in total. The Morgan fingerprint density at radius 2 is 2.00 bits per heavy atom. The molecule has 1 saturated carbocycles. The molecule has 1 aromatic rings. The second-order valence-corrected chi connectivity index (χ2v) is 6.92. The zero-order valence-electron chi connectivity index (χ0n) is 14.8. The van der Waals surface area contributed by atoms with E-state index in [1.165, 1.54) is 12.1 Å². The highest BCUT2D eigenvalue weighted by molar-refractivity contribution is 6.09. The molecule has 0 aromatic heterocycles. The van der Waals surface area contributed by atoms with Crippen LogP contribution in [0.15, 0.2) is 24.3 Å². The molecule has 1 aliphatic carbocycles. The van der Waals surface area contributed by atoms with Gasteiger partial charge in [0.05, 0.1) is 0 Å². The van der Waals surface area contributed by atoms with Crippen LogP contribution in [-0.4, -0.2) is 48.0 Å². The van der Waals surface area contributed by atoms with Crippen molar-refractivity contribution >= 4 is 17.8 Å². The summed E-state index contributed by atoms with van der Waals surface area (Å²) in [5, 5.41) is 5.34. The zero-order valence-corrected chi connectivity index (χ0v) is 14.8. The Kier molecular flexibility index (Phi) is 5.29. The Labute approximate surface area is 155 Å². The maximum atomic E-state index is 12.5. The number of carbonyl (C=O) groups excluding carboxylic acids is 3. The standard InChI is InChI=1S/C18H21F2N3O4/c1-18(12-4-5-12)15(25)23(17(26)22-18)10-14(24)21-9-8-11-2-6-13(7-3-11)27-16(19)20/h2-3,6-7,12,16H,4-5,8-10H2,1H3,(H,21,24)(H,22,26). The molecule has 1 heterocycles. The third-order valence-electron chi connectivity index (χ3n) is 4.88. The number of urea groups is 1. The summed E-state index contributed by atoms with van der Waals surface area (Å²) in [7, 11) is 0. The quantitative estimate of drug-likeness (QED) is 0.671. The van der Waals surface area contributed by atoms with Gasteiger partial charge in [-0.2, -0.15) is 8.78 Å². The molecule has 1 aromatic carbocycles. The fourth-order valence-electron chi connectivity index (χ4n) is 3.18. The molecule has 9 heteroatoms. The van der Waals surface area contributed by atoms with E-state index in [1.807, 2.05) is 0 Å². The molecule has 1 atom stereocenters. The lowest BCUT2D eigenvalue weighted by molar-refractivity contribution is -0.135.